The third-order valence-corrected chi connectivity index (χ3v) is 4.93. The van der Waals surface area contributed by atoms with Crippen LogP contribution in [0.25, 0.3) is 10.2 Å². The Morgan fingerprint density at radius 2 is 1.80 bits per heavy atom. The van der Waals surface area contributed by atoms with E-state index in [1.807, 2.05) is 36.6 Å². The van der Waals surface area contributed by atoms with E-state index < -0.39 is 0 Å². The summed E-state index contributed by atoms with van der Waals surface area (Å²) in [5.41, 5.74) is 2.08. The molecule has 0 bridgehead atoms. The molecule has 2 aromatic carbocycles. The van der Waals surface area contributed by atoms with E-state index >= 15 is 0 Å². The Balaban J connectivity index is 1.71. The van der Waals surface area contributed by atoms with E-state index in [-0.39, 0.29) is 11.9 Å². The number of hydrogen-bond donors (Lipinski definition) is 3. The number of carbonyl (C=O) groups is 2. The molecule has 1 aromatic heterocycles. The number of carbonyl (C=O) groups excluding carboxylic acids is 2. The normalized spacial score (nSPS) is 10.5. The number of thiazole rings is 1. The minimum Gasteiger partial charge on any atom is -0.308 e. The van der Waals surface area contributed by atoms with Gasteiger partial charge in [0.1, 0.15) is 0 Å². The largest absolute Gasteiger partial charge is 0.323 e. The van der Waals surface area contributed by atoms with E-state index in [1.165, 1.54) is 18.3 Å². The Morgan fingerprint density at radius 1 is 1.04 bits per heavy atom. The monoisotopic (exact) mass is 372 g/mol. The van der Waals surface area contributed by atoms with Crippen LogP contribution in [0.1, 0.15) is 6.92 Å². The lowest BCUT2D eigenvalue weighted by Gasteiger charge is -2.08. The summed E-state index contributed by atoms with van der Waals surface area (Å²) in [7, 11) is 0. The van der Waals surface area contributed by atoms with Gasteiger partial charge in [0.05, 0.1) is 10.2 Å². The molecule has 25 heavy (non-hydrogen) atoms. The van der Waals surface area contributed by atoms with E-state index in [1.54, 1.807) is 23.9 Å². The van der Waals surface area contributed by atoms with E-state index in [9.17, 15) is 9.59 Å². The highest BCUT2D eigenvalue weighted by Crippen LogP contribution is 2.28. The quantitative estimate of drug-likeness (QED) is 0.584. The van der Waals surface area contributed by atoms with Gasteiger partial charge < -0.3 is 16.0 Å². The van der Waals surface area contributed by atoms with Crippen molar-refractivity contribution in [3.63, 3.8) is 0 Å². The molecule has 1 heterocycles. The molecule has 3 rings (SSSR count). The zero-order chi connectivity index (χ0) is 17.8. The standard InChI is InChI=1S/C17H16N4O2S2/c1-10(22)18-17-21-14-9-12(6-7-15(14)25-17)20-16(23)19-11-4-3-5-13(8-11)24-2/h3-9H,1-2H3,(H,18,21,22)(H2,19,20,23). The summed E-state index contributed by atoms with van der Waals surface area (Å²) >= 11 is 3.00. The molecule has 6 nitrogen and oxygen atoms in total. The molecule has 0 aliphatic rings. The molecule has 0 saturated carbocycles. The van der Waals surface area contributed by atoms with Crippen molar-refractivity contribution >= 4 is 61.8 Å². The first-order valence-electron chi connectivity index (χ1n) is 7.44. The number of aromatic nitrogens is 1. The van der Waals surface area contributed by atoms with Crippen LogP contribution in [0.2, 0.25) is 0 Å². The molecule has 0 spiro atoms. The van der Waals surface area contributed by atoms with Crippen LogP contribution in [0.4, 0.5) is 21.3 Å². The summed E-state index contributed by atoms with van der Waals surface area (Å²) in [6.45, 7) is 1.44. The minimum atomic E-state index is -0.324. The molecule has 8 heteroatoms. The predicted octanol–water partition coefficient (Wildman–Crippen LogP) is 4.62. The summed E-state index contributed by atoms with van der Waals surface area (Å²) < 4.78 is 0.933. The first kappa shape index (κ1) is 17.2. The van der Waals surface area contributed by atoms with Crippen molar-refractivity contribution in [2.24, 2.45) is 0 Å². The molecule has 3 amide bonds. The number of urea groups is 1. The maximum atomic E-state index is 12.2. The van der Waals surface area contributed by atoms with Crippen LogP contribution in [0.3, 0.4) is 0 Å². The van der Waals surface area contributed by atoms with E-state index in [4.69, 9.17) is 0 Å². The molecule has 128 valence electrons. The van der Waals surface area contributed by atoms with Gasteiger partial charge in [-0.1, -0.05) is 17.4 Å². The molecule has 3 aromatic rings. The SMILES string of the molecule is CSc1cccc(NC(=O)Nc2ccc3sc(NC(C)=O)nc3c2)c1. The van der Waals surface area contributed by atoms with Gasteiger partial charge in [-0.25, -0.2) is 9.78 Å². The molecule has 0 fully saturated rings. The highest BCUT2D eigenvalue weighted by Gasteiger charge is 2.08. The van der Waals surface area contributed by atoms with Gasteiger partial charge in [-0.3, -0.25) is 4.79 Å². The molecule has 3 N–H and O–H groups in total. The number of amides is 3. The van der Waals surface area contributed by atoms with Crippen molar-refractivity contribution in [3.8, 4) is 0 Å². The van der Waals surface area contributed by atoms with Gasteiger partial charge in [-0.2, -0.15) is 0 Å². The summed E-state index contributed by atoms with van der Waals surface area (Å²) in [4.78, 5) is 28.7. The minimum absolute atomic E-state index is 0.163. The van der Waals surface area contributed by atoms with Gasteiger partial charge in [0.2, 0.25) is 5.91 Å². The summed E-state index contributed by atoms with van der Waals surface area (Å²) in [6.07, 6.45) is 1.98. The molecule has 0 saturated heterocycles. The van der Waals surface area contributed by atoms with Crippen LogP contribution in [-0.4, -0.2) is 23.2 Å². The number of benzene rings is 2. The molecule has 0 radical (unpaired) electrons. The molecular weight excluding hydrogens is 356 g/mol. The highest BCUT2D eigenvalue weighted by molar-refractivity contribution is 7.98. The van der Waals surface area contributed by atoms with E-state index in [2.05, 4.69) is 20.9 Å². The summed E-state index contributed by atoms with van der Waals surface area (Å²) in [5, 5.41) is 8.80. The maximum absolute atomic E-state index is 12.2. The van der Waals surface area contributed by atoms with Gasteiger partial charge in [0.15, 0.2) is 5.13 Å². The molecule has 0 aliphatic heterocycles. The number of thioether (sulfide) groups is 1. The number of anilines is 3. The number of fused-ring (bicyclic) bond motifs is 1. The van der Waals surface area contributed by atoms with Crippen molar-refractivity contribution in [1.82, 2.24) is 4.98 Å². The van der Waals surface area contributed by atoms with Crippen molar-refractivity contribution in [2.45, 2.75) is 11.8 Å². The summed E-state index contributed by atoms with van der Waals surface area (Å²) in [5.74, 6) is -0.163. The third-order valence-electron chi connectivity index (χ3n) is 3.26. The zero-order valence-electron chi connectivity index (χ0n) is 13.6. The fraction of sp³-hybridized carbons (Fsp3) is 0.118. The van der Waals surface area contributed by atoms with Crippen LogP contribution >= 0.6 is 23.1 Å². The molecule has 0 atom stereocenters. The number of nitrogens with one attached hydrogen (secondary N) is 3. The van der Waals surface area contributed by atoms with E-state index in [0.29, 0.717) is 10.8 Å². The lowest BCUT2D eigenvalue weighted by atomic mass is 10.3. The summed E-state index contributed by atoms with van der Waals surface area (Å²) in [6, 6.07) is 12.7. The highest BCUT2D eigenvalue weighted by atomic mass is 32.2. The topological polar surface area (TPSA) is 83.1 Å². The Labute approximate surface area is 153 Å². The van der Waals surface area contributed by atoms with Gasteiger partial charge in [-0.15, -0.1) is 11.8 Å². The number of nitrogens with zero attached hydrogens (tertiary/aromatic N) is 1. The molecule has 0 unspecified atom stereocenters. The van der Waals surface area contributed by atoms with Crippen LogP contribution in [-0.2, 0) is 4.79 Å². The second-order valence-corrected chi connectivity index (χ2v) is 7.10. The molecular formula is C17H16N4O2S2. The second-order valence-electron chi connectivity index (χ2n) is 5.19. The average Bonchev–Trinajstić information content (AvgIpc) is 2.95. The second kappa shape index (κ2) is 7.54. The zero-order valence-corrected chi connectivity index (χ0v) is 15.3. The van der Waals surface area contributed by atoms with Crippen molar-refractivity contribution in [3.05, 3.63) is 42.5 Å². The average molecular weight is 372 g/mol. The van der Waals surface area contributed by atoms with Crippen LogP contribution in [0.5, 0.6) is 0 Å². The van der Waals surface area contributed by atoms with Crippen molar-refractivity contribution in [1.29, 1.82) is 0 Å². The number of hydrogen-bond acceptors (Lipinski definition) is 5. The Morgan fingerprint density at radius 3 is 2.52 bits per heavy atom. The van der Waals surface area contributed by atoms with Crippen LogP contribution in [0.15, 0.2) is 47.4 Å². The van der Waals surface area contributed by atoms with Crippen LogP contribution < -0.4 is 16.0 Å². The predicted molar refractivity (Wildman–Crippen MR) is 105 cm³/mol. The maximum Gasteiger partial charge on any atom is 0.323 e. The van der Waals surface area contributed by atoms with Gasteiger partial charge in [0, 0.05) is 23.2 Å². The smallest absolute Gasteiger partial charge is 0.308 e. The Kier molecular flexibility index (Phi) is 5.20. The van der Waals surface area contributed by atoms with Gasteiger partial charge in [-0.05, 0) is 42.7 Å². The Hall–Kier alpha value is -2.58. The number of rotatable bonds is 4. The van der Waals surface area contributed by atoms with E-state index in [0.717, 1.165) is 20.8 Å². The fourth-order valence-corrected chi connectivity index (χ4v) is 3.56. The first-order valence-corrected chi connectivity index (χ1v) is 9.48. The van der Waals surface area contributed by atoms with Crippen LogP contribution in [0, 0.1) is 0 Å². The van der Waals surface area contributed by atoms with Gasteiger partial charge in [0.25, 0.3) is 0 Å². The lowest BCUT2D eigenvalue weighted by molar-refractivity contribution is -0.114. The fourth-order valence-electron chi connectivity index (χ4n) is 2.20. The molecule has 0 aliphatic carbocycles. The van der Waals surface area contributed by atoms with Gasteiger partial charge >= 0.3 is 6.03 Å². The van der Waals surface area contributed by atoms with Crippen molar-refractivity contribution < 1.29 is 9.59 Å². The first-order chi connectivity index (χ1) is 12.0. The Bertz CT molecular complexity index is 939. The lowest BCUT2D eigenvalue weighted by Crippen LogP contribution is -2.19. The third kappa shape index (κ3) is 4.49. The van der Waals surface area contributed by atoms with Crippen molar-refractivity contribution in [2.75, 3.05) is 22.2 Å².